The van der Waals surface area contributed by atoms with Crippen LogP contribution in [0.5, 0.6) is 5.75 Å². The van der Waals surface area contributed by atoms with Gasteiger partial charge in [0.2, 0.25) is 5.95 Å². The normalized spacial score (nSPS) is 18.8. The maximum atomic E-state index is 12.4. The van der Waals surface area contributed by atoms with Crippen LogP contribution in [0.2, 0.25) is 10.0 Å². The van der Waals surface area contributed by atoms with E-state index in [4.69, 9.17) is 44.4 Å². The predicted molar refractivity (Wildman–Crippen MR) is 129 cm³/mol. The van der Waals surface area contributed by atoms with Crippen LogP contribution in [-0.2, 0) is 0 Å². The summed E-state index contributed by atoms with van der Waals surface area (Å²) in [4.78, 5) is 23.6. The number of aromatic nitrogens is 2. The summed E-state index contributed by atoms with van der Waals surface area (Å²) in [6.07, 6.45) is 1.41. The van der Waals surface area contributed by atoms with Gasteiger partial charge in [-0.3, -0.25) is 4.79 Å². The van der Waals surface area contributed by atoms with Gasteiger partial charge in [-0.15, -0.1) is 0 Å². The SMILES string of the molecule is Cc1nc(N2CCC3(CC2)Oc2ccccc2[C@@H]3N)nc(C(N)=O)c1-c1cccc(Cl)c1Cl. The Morgan fingerprint density at radius 3 is 2.55 bits per heavy atom. The minimum atomic E-state index is -0.655. The number of fused-ring (bicyclic) bond motifs is 1. The van der Waals surface area contributed by atoms with Crippen molar-refractivity contribution in [3.63, 3.8) is 0 Å². The van der Waals surface area contributed by atoms with Crippen molar-refractivity contribution in [2.24, 2.45) is 11.5 Å². The van der Waals surface area contributed by atoms with E-state index in [2.05, 4.69) is 4.98 Å². The van der Waals surface area contributed by atoms with Crippen molar-refractivity contribution in [2.75, 3.05) is 18.0 Å². The topological polar surface area (TPSA) is 107 Å². The summed E-state index contributed by atoms with van der Waals surface area (Å²) in [7, 11) is 0. The van der Waals surface area contributed by atoms with Crippen LogP contribution in [-0.4, -0.2) is 34.6 Å². The van der Waals surface area contributed by atoms with E-state index in [0.29, 0.717) is 58.7 Å². The van der Waals surface area contributed by atoms with Gasteiger partial charge in [-0.1, -0.05) is 53.5 Å². The summed E-state index contributed by atoms with van der Waals surface area (Å²) in [5, 5.41) is 0.705. The minimum absolute atomic E-state index is 0.114. The second-order valence-corrected chi connectivity index (χ2v) is 9.25. The highest BCUT2D eigenvalue weighted by Gasteiger charge is 2.48. The Morgan fingerprint density at radius 1 is 1.12 bits per heavy atom. The van der Waals surface area contributed by atoms with Gasteiger partial charge in [-0.25, -0.2) is 9.97 Å². The van der Waals surface area contributed by atoms with Crippen LogP contribution >= 0.6 is 23.2 Å². The number of nitrogens with two attached hydrogens (primary N) is 2. The third-order valence-corrected chi connectivity index (χ3v) is 7.38. The average Bonchev–Trinajstić information content (AvgIpc) is 3.07. The van der Waals surface area contributed by atoms with E-state index in [9.17, 15) is 4.79 Å². The molecule has 1 atom stereocenters. The molecule has 1 aromatic heterocycles. The Kier molecular flexibility index (Phi) is 5.43. The van der Waals surface area contributed by atoms with Crippen molar-refractivity contribution in [3.8, 4) is 16.9 Å². The summed E-state index contributed by atoms with van der Waals surface area (Å²) in [5.41, 5.74) is 14.7. The molecule has 7 nitrogen and oxygen atoms in total. The molecule has 3 aromatic rings. The number of piperidine rings is 1. The first kappa shape index (κ1) is 21.9. The second kappa shape index (κ2) is 8.17. The molecule has 1 fully saturated rings. The van der Waals surface area contributed by atoms with E-state index in [1.807, 2.05) is 36.1 Å². The largest absolute Gasteiger partial charge is 0.485 e. The van der Waals surface area contributed by atoms with Crippen molar-refractivity contribution in [2.45, 2.75) is 31.4 Å². The highest BCUT2D eigenvalue weighted by Crippen LogP contribution is 2.47. The Labute approximate surface area is 201 Å². The number of carbonyl (C=O) groups is 1. The van der Waals surface area contributed by atoms with Crippen LogP contribution in [0.25, 0.3) is 11.1 Å². The molecule has 2 aliphatic rings. The lowest BCUT2D eigenvalue weighted by molar-refractivity contribution is 0.0429. The maximum absolute atomic E-state index is 12.4. The number of ether oxygens (including phenoxy) is 1. The standard InChI is InChI=1S/C24H23Cl2N5O2/c1-13-18(15-6-4-7-16(25)19(15)26)20(22(28)32)30-23(29-13)31-11-9-24(10-12-31)21(27)14-5-2-3-8-17(14)33-24/h2-8,21H,9-12,27H2,1H3,(H2,28,32)/t21-/m0/s1. The number of halogens is 2. The molecule has 170 valence electrons. The van der Waals surface area contributed by atoms with E-state index in [0.717, 1.165) is 11.3 Å². The molecule has 33 heavy (non-hydrogen) atoms. The number of anilines is 1. The van der Waals surface area contributed by atoms with Gasteiger partial charge in [0.15, 0.2) is 0 Å². The number of hydrogen-bond donors (Lipinski definition) is 2. The summed E-state index contributed by atoms with van der Waals surface area (Å²) < 4.78 is 6.33. The Bertz CT molecular complexity index is 1260. The third-order valence-electron chi connectivity index (χ3n) is 6.56. The minimum Gasteiger partial charge on any atom is -0.485 e. The number of rotatable bonds is 3. The lowest BCUT2D eigenvalue weighted by Gasteiger charge is -2.41. The van der Waals surface area contributed by atoms with Crippen LogP contribution in [0.4, 0.5) is 5.95 Å². The number of nitrogens with zero attached hydrogens (tertiary/aromatic N) is 3. The lowest BCUT2D eigenvalue weighted by atomic mass is 9.83. The van der Waals surface area contributed by atoms with Crippen molar-refractivity contribution in [1.82, 2.24) is 9.97 Å². The van der Waals surface area contributed by atoms with Gasteiger partial charge in [0.1, 0.15) is 17.0 Å². The van der Waals surface area contributed by atoms with Crippen LogP contribution in [0.1, 0.15) is 40.6 Å². The van der Waals surface area contributed by atoms with Crippen LogP contribution in [0, 0.1) is 6.92 Å². The van der Waals surface area contributed by atoms with Gasteiger partial charge in [0.25, 0.3) is 5.91 Å². The fourth-order valence-electron chi connectivity index (χ4n) is 4.79. The maximum Gasteiger partial charge on any atom is 0.268 e. The van der Waals surface area contributed by atoms with E-state index < -0.39 is 11.5 Å². The van der Waals surface area contributed by atoms with Gasteiger partial charge in [-0.2, -0.15) is 0 Å². The van der Waals surface area contributed by atoms with Gasteiger partial charge in [0, 0.05) is 42.6 Å². The van der Waals surface area contributed by atoms with Crippen LogP contribution in [0.15, 0.2) is 42.5 Å². The molecule has 3 heterocycles. The summed E-state index contributed by atoms with van der Waals surface area (Å²) in [6.45, 7) is 3.08. The number of primary amides is 1. The molecular formula is C24H23Cl2N5O2. The molecular weight excluding hydrogens is 461 g/mol. The van der Waals surface area contributed by atoms with Gasteiger partial charge < -0.3 is 21.1 Å². The van der Waals surface area contributed by atoms with Gasteiger partial charge in [-0.05, 0) is 19.1 Å². The zero-order valence-corrected chi connectivity index (χ0v) is 19.5. The molecule has 4 N–H and O–H groups in total. The molecule has 0 bridgehead atoms. The molecule has 2 aliphatic heterocycles. The zero-order valence-electron chi connectivity index (χ0n) is 18.0. The quantitative estimate of drug-likeness (QED) is 0.575. The molecule has 1 amide bonds. The number of amides is 1. The summed E-state index contributed by atoms with van der Waals surface area (Å²) >= 11 is 12.6. The molecule has 1 spiro atoms. The molecule has 2 aromatic carbocycles. The Balaban J connectivity index is 1.45. The molecule has 0 unspecified atom stereocenters. The number of para-hydroxylation sites is 1. The number of aryl methyl sites for hydroxylation is 1. The summed E-state index contributed by atoms with van der Waals surface area (Å²) in [6, 6.07) is 12.9. The molecule has 5 rings (SSSR count). The molecule has 0 saturated carbocycles. The summed E-state index contributed by atoms with van der Waals surface area (Å²) in [5.74, 6) is 0.643. The number of benzene rings is 2. The van der Waals surface area contributed by atoms with E-state index in [1.54, 1.807) is 18.2 Å². The first-order valence-electron chi connectivity index (χ1n) is 10.7. The zero-order chi connectivity index (χ0) is 23.3. The van der Waals surface area contributed by atoms with Gasteiger partial charge in [0.05, 0.1) is 21.8 Å². The smallest absolute Gasteiger partial charge is 0.268 e. The lowest BCUT2D eigenvalue weighted by Crippen LogP contribution is -2.51. The highest BCUT2D eigenvalue weighted by atomic mass is 35.5. The third kappa shape index (κ3) is 3.60. The van der Waals surface area contributed by atoms with E-state index in [-0.39, 0.29) is 11.7 Å². The fourth-order valence-corrected chi connectivity index (χ4v) is 5.19. The molecule has 9 heteroatoms. The second-order valence-electron chi connectivity index (χ2n) is 8.47. The Hall–Kier alpha value is -2.87. The average molecular weight is 484 g/mol. The van der Waals surface area contributed by atoms with E-state index in [1.165, 1.54) is 0 Å². The number of carbonyl (C=O) groups excluding carboxylic acids is 1. The first-order chi connectivity index (χ1) is 15.8. The van der Waals surface area contributed by atoms with Crippen molar-refractivity contribution in [1.29, 1.82) is 0 Å². The van der Waals surface area contributed by atoms with Crippen molar-refractivity contribution < 1.29 is 9.53 Å². The monoisotopic (exact) mass is 483 g/mol. The molecule has 0 radical (unpaired) electrons. The Morgan fingerprint density at radius 2 is 1.85 bits per heavy atom. The first-order valence-corrected chi connectivity index (χ1v) is 11.5. The number of hydrogen-bond acceptors (Lipinski definition) is 6. The van der Waals surface area contributed by atoms with Crippen molar-refractivity contribution >= 4 is 35.1 Å². The van der Waals surface area contributed by atoms with Crippen LogP contribution < -0.4 is 21.1 Å². The fraction of sp³-hybridized carbons (Fsp3) is 0.292. The highest BCUT2D eigenvalue weighted by molar-refractivity contribution is 6.43. The molecule has 1 saturated heterocycles. The van der Waals surface area contributed by atoms with Crippen molar-refractivity contribution in [3.05, 3.63) is 69.5 Å². The van der Waals surface area contributed by atoms with Gasteiger partial charge >= 0.3 is 0 Å². The predicted octanol–water partition coefficient (Wildman–Crippen LogP) is 4.29. The van der Waals surface area contributed by atoms with Crippen LogP contribution in [0.3, 0.4) is 0 Å². The molecule has 0 aliphatic carbocycles. The van der Waals surface area contributed by atoms with E-state index >= 15 is 0 Å².